The molecule has 1 saturated carbocycles. The first-order chi connectivity index (χ1) is 6.20. The van der Waals surface area contributed by atoms with Crippen LogP contribution in [0.2, 0.25) is 0 Å². The van der Waals surface area contributed by atoms with Gasteiger partial charge in [0.05, 0.1) is 0 Å². The van der Waals surface area contributed by atoms with Crippen molar-refractivity contribution in [1.82, 2.24) is 4.90 Å². The van der Waals surface area contributed by atoms with Crippen LogP contribution in [0.3, 0.4) is 0 Å². The first-order valence-corrected chi connectivity index (χ1v) is 5.69. The van der Waals surface area contributed by atoms with Gasteiger partial charge in [-0.3, -0.25) is 0 Å². The molecule has 1 heterocycles. The van der Waals surface area contributed by atoms with Gasteiger partial charge in [0.2, 0.25) is 0 Å². The van der Waals surface area contributed by atoms with Gasteiger partial charge in [0.15, 0.2) is 0 Å². The molecule has 2 N–H and O–H groups in total. The molecule has 1 aliphatic carbocycles. The Morgan fingerprint density at radius 3 is 2.62 bits per heavy atom. The summed E-state index contributed by atoms with van der Waals surface area (Å²) in [6.07, 6.45) is 9.27. The topological polar surface area (TPSA) is 29.3 Å². The van der Waals surface area contributed by atoms with Gasteiger partial charge in [-0.1, -0.05) is 6.42 Å². The van der Waals surface area contributed by atoms with Gasteiger partial charge < -0.3 is 10.6 Å². The van der Waals surface area contributed by atoms with Crippen LogP contribution >= 0.6 is 0 Å². The molecule has 0 radical (unpaired) electrons. The second kappa shape index (κ2) is 3.58. The molecule has 2 rings (SSSR count). The van der Waals surface area contributed by atoms with E-state index < -0.39 is 0 Å². The van der Waals surface area contributed by atoms with Crippen LogP contribution in [0.4, 0.5) is 0 Å². The summed E-state index contributed by atoms with van der Waals surface area (Å²) in [5, 5.41) is 0. The third kappa shape index (κ3) is 2.05. The molecule has 2 aliphatic rings. The van der Waals surface area contributed by atoms with Crippen LogP contribution in [0.1, 0.15) is 44.9 Å². The summed E-state index contributed by atoms with van der Waals surface area (Å²) < 4.78 is 0. The van der Waals surface area contributed by atoms with Crippen molar-refractivity contribution in [2.24, 2.45) is 5.73 Å². The van der Waals surface area contributed by atoms with Crippen molar-refractivity contribution in [3.63, 3.8) is 0 Å². The Labute approximate surface area is 81.5 Å². The minimum absolute atomic E-state index is 0.219. The van der Waals surface area contributed by atoms with Gasteiger partial charge in [-0.15, -0.1) is 0 Å². The van der Waals surface area contributed by atoms with Crippen molar-refractivity contribution in [2.75, 3.05) is 13.6 Å². The molecule has 1 aliphatic heterocycles. The Bertz CT molecular complexity index is 175. The Morgan fingerprint density at radius 1 is 1.31 bits per heavy atom. The molecule has 13 heavy (non-hydrogen) atoms. The number of nitrogens with two attached hydrogens (primary N) is 1. The molecule has 1 atom stereocenters. The average molecular weight is 182 g/mol. The molecule has 0 spiro atoms. The maximum absolute atomic E-state index is 6.27. The lowest BCUT2D eigenvalue weighted by Crippen LogP contribution is -2.52. The molecular weight excluding hydrogens is 160 g/mol. The highest BCUT2D eigenvalue weighted by Gasteiger charge is 2.36. The van der Waals surface area contributed by atoms with Crippen LogP contribution < -0.4 is 5.73 Å². The van der Waals surface area contributed by atoms with Crippen LogP contribution in [0.25, 0.3) is 0 Å². The molecule has 0 aromatic carbocycles. The van der Waals surface area contributed by atoms with Crippen molar-refractivity contribution >= 4 is 0 Å². The van der Waals surface area contributed by atoms with E-state index in [1.54, 1.807) is 0 Å². The summed E-state index contributed by atoms with van der Waals surface area (Å²) >= 11 is 0. The zero-order valence-electron chi connectivity index (χ0n) is 8.76. The summed E-state index contributed by atoms with van der Waals surface area (Å²) in [5.74, 6) is 0. The highest BCUT2D eigenvalue weighted by molar-refractivity contribution is 4.96. The molecule has 1 saturated heterocycles. The van der Waals surface area contributed by atoms with Crippen molar-refractivity contribution in [3.8, 4) is 0 Å². The number of hydrogen-bond donors (Lipinski definition) is 1. The van der Waals surface area contributed by atoms with E-state index in [2.05, 4.69) is 11.9 Å². The van der Waals surface area contributed by atoms with E-state index in [4.69, 9.17) is 5.73 Å². The summed E-state index contributed by atoms with van der Waals surface area (Å²) in [6.45, 7) is 1.28. The Hall–Kier alpha value is -0.0800. The van der Waals surface area contributed by atoms with Crippen LogP contribution in [-0.2, 0) is 0 Å². The Balaban J connectivity index is 1.85. The zero-order chi connectivity index (χ0) is 9.31. The summed E-state index contributed by atoms with van der Waals surface area (Å²) in [6, 6.07) is 0.777. The molecule has 0 bridgehead atoms. The van der Waals surface area contributed by atoms with Gasteiger partial charge in [-0.05, 0) is 52.1 Å². The van der Waals surface area contributed by atoms with Gasteiger partial charge in [0.1, 0.15) is 0 Å². The lowest BCUT2D eigenvalue weighted by molar-refractivity contribution is 0.114. The van der Waals surface area contributed by atoms with Gasteiger partial charge in [0.25, 0.3) is 0 Å². The maximum atomic E-state index is 6.27. The lowest BCUT2D eigenvalue weighted by Gasteiger charge is -2.44. The summed E-state index contributed by atoms with van der Waals surface area (Å²) in [7, 11) is 2.26. The SMILES string of the molecule is CN1CCCCC1CC1(N)CCC1. The molecule has 76 valence electrons. The first kappa shape index (κ1) is 9.47. The van der Waals surface area contributed by atoms with Gasteiger partial charge in [-0.2, -0.15) is 0 Å². The molecule has 2 fully saturated rings. The lowest BCUT2D eigenvalue weighted by atomic mass is 9.72. The minimum atomic E-state index is 0.219. The van der Waals surface area contributed by atoms with Crippen LogP contribution in [0, 0.1) is 0 Å². The summed E-state index contributed by atoms with van der Waals surface area (Å²) in [4.78, 5) is 2.51. The fourth-order valence-electron chi connectivity index (χ4n) is 2.71. The van der Waals surface area contributed by atoms with Gasteiger partial charge >= 0.3 is 0 Å². The van der Waals surface area contributed by atoms with Crippen molar-refractivity contribution in [1.29, 1.82) is 0 Å². The quantitative estimate of drug-likeness (QED) is 0.705. The standard InChI is InChI=1S/C11H22N2/c1-13-8-3-2-5-10(13)9-11(12)6-4-7-11/h10H,2-9,12H2,1H3. The van der Waals surface area contributed by atoms with E-state index >= 15 is 0 Å². The highest BCUT2D eigenvalue weighted by atomic mass is 15.1. The fourth-order valence-corrected chi connectivity index (χ4v) is 2.71. The molecule has 0 aromatic rings. The first-order valence-electron chi connectivity index (χ1n) is 5.69. The van der Waals surface area contributed by atoms with E-state index in [0.29, 0.717) is 0 Å². The second-order valence-corrected chi connectivity index (χ2v) is 5.05. The minimum Gasteiger partial charge on any atom is -0.325 e. The normalized spacial score (nSPS) is 34.2. The Kier molecular flexibility index (Phi) is 2.61. The van der Waals surface area contributed by atoms with Gasteiger partial charge in [-0.25, -0.2) is 0 Å². The van der Waals surface area contributed by atoms with E-state index in [1.807, 2.05) is 0 Å². The third-order valence-corrected chi connectivity index (χ3v) is 3.91. The van der Waals surface area contributed by atoms with E-state index in [-0.39, 0.29) is 5.54 Å². The van der Waals surface area contributed by atoms with E-state index in [1.165, 1.54) is 51.5 Å². The van der Waals surface area contributed by atoms with E-state index in [9.17, 15) is 0 Å². The molecule has 2 heteroatoms. The maximum Gasteiger partial charge on any atom is 0.0169 e. The molecular formula is C11H22N2. The highest BCUT2D eigenvalue weighted by Crippen LogP contribution is 2.35. The molecule has 2 nitrogen and oxygen atoms in total. The van der Waals surface area contributed by atoms with Crippen molar-refractivity contribution in [3.05, 3.63) is 0 Å². The number of rotatable bonds is 2. The van der Waals surface area contributed by atoms with E-state index in [0.717, 1.165) is 6.04 Å². The van der Waals surface area contributed by atoms with Crippen molar-refractivity contribution in [2.45, 2.75) is 56.5 Å². The number of nitrogens with zero attached hydrogens (tertiary/aromatic N) is 1. The predicted octanol–water partition coefficient (Wildman–Crippen LogP) is 1.74. The number of hydrogen-bond acceptors (Lipinski definition) is 2. The zero-order valence-corrected chi connectivity index (χ0v) is 8.76. The largest absolute Gasteiger partial charge is 0.325 e. The fraction of sp³-hybridized carbons (Fsp3) is 1.00. The predicted molar refractivity (Wildman–Crippen MR) is 55.7 cm³/mol. The van der Waals surface area contributed by atoms with Gasteiger partial charge in [0, 0.05) is 11.6 Å². The summed E-state index contributed by atoms with van der Waals surface area (Å²) in [5.41, 5.74) is 6.49. The van der Waals surface area contributed by atoms with Crippen LogP contribution in [0.15, 0.2) is 0 Å². The average Bonchev–Trinajstić information content (AvgIpc) is 2.06. The van der Waals surface area contributed by atoms with Crippen LogP contribution in [0.5, 0.6) is 0 Å². The molecule has 0 aromatic heterocycles. The van der Waals surface area contributed by atoms with Crippen molar-refractivity contribution < 1.29 is 0 Å². The number of piperidine rings is 1. The second-order valence-electron chi connectivity index (χ2n) is 5.05. The Morgan fingerprint density at radius 2 is 2.08 bits per heavy atom. The molecule has 1 unspecified atom stereocenters. The monoisotopic (exact) mass is 182 g/mol. The third-order valence-electron chi connectivity index (χ3n) is 3.91. The number of likely N-dealkylation sites (tertiary alicyclic amines) is 1. The smallest absolute Gasteiger partial charge is 0.0169 e. The van der Waals surface area contributed by atoms with Crippen LogP contribution in [-0.4, -0.2) is 30.1 Å². The molecule has 0 amide bonds.